The van der Waals surface area contributed by atoms with Crippen molar-refractivity contribution in [2.45, 2.75) is 37.1 Å². The van der Waals surface area contributed by atoms with Crippen molar-refractivity contribution in [3.8, 4) is 5.75 Å². The van der Waals surface area contributed by atoms with Crippen LogP contribution < -0.4 is 14.4 Å². The van der Waals surface area contributed by atoms with E-state index >= 15 is 0 Å². The molecule has 0 bridgehead atoms. The highest BCUT2D eigenvalue weighted by Crippen LogP contribution is 2.39. The average Bonchev–Trinajstić information content (AvgIpc) is 3.51. The van der Waals surface area contributed by atoms with Crippen molar-refractivity contribution in [3.05, 3.63) is 58.7 Å². The molecule has 0 radical (unpaired) electrons. The number of benzene rings is 2. The molecule has 32 heavy (non-hydrogen) atoms. The highest BCUT2D eigenvalue weighted by molar-refractivity contribution is 7.92. The van der Waals surface area contributed by atoms with Gasteiger partial charge in [-0.2, -0.15) is 4.98 Å². The molecule has 1 saturated carbocycles. The summed E-state index contributed by atoms with van der Waals surface area (Å²) in [6.07, 6.45) is 2.03. The minimum absolute atomic E-state index is 0.0225. The summed E-state index contributed by atoms with van der Waals surface area (Å²) in [6, 6.07) is 9.32. The third-order valence-corrected chi connectivity index (χ3v) is 7.18. The SMILES string of the molecule is Cc1c(Cl)cccc1NS(=O)(=O)c1ccc2c(c1)N(Cc1noc(C3CC3)n1)C(=O)CO2. The lowest BCUT2D eigenvalue weighted by molar-refractivity contribution is -0.121. The number of amides is 1. The molecule has 2 aromatic carbocycles. The molecular weight excluding hydrogens is 456 g/mol. The van der Waals surface area contributed by atoms with Gasteiger partial charge in [-0.1, -0.05) is 22.8 Å². The maximum Gasteiger partial charge on any atom is 0.265 e. The number of nitrogens with zero attached hydrogens (tertiary/aromatic N) is 3. The Hall–Kier alpha value is -3.11. The van der Waals surface area contributed by atoms with Crippen molar-refractivity contribution in [2.75, 3.05) is 16.2 Å². The zero-order chi connectivity index (χ0) is 22.5. The predicted molar refractivity (Wildman–Crippen MR) is 116 cm³/mol. The number of fused-ring (bicyclic) bond motifs is 1. The van der Waals surface area contributed by atoms with E-state index in [1.165, 1.54) is 23.1 Å². The van der Waals surface area contributed by atoms with Gasteiger partial charge in [0.15, 0.2) is 12.4 Å². The molecule has 1 N–H and O–H groups in total. The second-order valence-electron chi connectivity index (χ2n) is 7.74. The summed E-state index contributed by atoms with van der Waals surface area (Å²) in [5.41, 5.74) is 1.31. The Bertz CT molecular complexity index is 1320. The minimum Gasteiger partial charge on any atom is -0.482 e. The first-order valence-electron chi connectivity index (χ1n) is 9.99. The van der Waals surface area contributed by atoms with Gasteiger partial charge in [0.25, 0.3) is 15.9 Å². The first kappa shape index (κ1) is 20.8. The molecule has 0 spiro atoms. The fourth-order valence-corrected chi connectivity index (χ4v) is 4.73. The summed E-state index contributed by atoms with van der Waals surface area (Å²) in [5, 5.41) is 4.41. The van der Waals surface area contributed by atoms with Crippen LogP contribution in [0.25, 0.3) is 0 Å². The molecule has 1 amide bonds. The Morgan fingerprint density at radius 3 is 2.84 bits per heavy atom. The molecular formula is C21H19ClN4O5S. The van der Waals surface area contributed by atoms with Crippen molar-refractivity contribution < 1.29 is 22.5 Å². The van der Waals surface area contributed by atoms with E-state index in [1.54, 1.807) is 25.1 Å². The van der Waals surface area contributed by atoms with E-state index in [2.05, 4.69) is 14.9 Å². The number of aromatic nitrogens is 2. The zero-order valence-corrected chi connectivity index (χ0v) is 18.6. The molecule has 0 atom stereocenters. The van der Waals surface area contributed by atoms with Crippen LogP contribution in [0.2, 0.25) is 5.02 Å². The lowest BCUT2D eigenvalue weighted by Crippen LogP contribution is -2.38. The van der Waals surface area contributed by atoms with Gasteiger partial charge in [-0.3, -0.25) is 14.4 Å². The summed E-state index contributed by atoms with van der Waals surface area (Å²) in [6.45, 7) is 1.62. The average molecular weight is 475 g/mol. The van der Waals surface area contributed by atoms with E-state index in [9.17, 15) is 13.2 Å². The van der Waals surface area contributed by atoms with Gasteiger partial charge in [0.05, 0.1) is 22.8 Å². The third kappa shape index (κ3) is 3.91. The third-order valence-electron chi connectivity index (χ3n) is 5.41. The van der Waals surface area contributed by atoms with Gasteiger partial charge < -0.3 is 9.26 Å². The van der Waals surface area contributed by atoms with Crippen molar-refractivity contribution in [1.29, 1.82) is 0 Å². The van der Waals surface area contributed by atoms with E-state index < -0.39 is 10.0 Å². The molecule has 1 aromatic heterocycles. The minimum atomic E-state index is -3.95. The number of halogens is 1. The van der Waals surface area contributed by atoms with E-state index in [4.69, 9.17) is 20.9 Å². The smallest absolute Gasteiger partial charge is 0.265 e. The number of anilines is 2. The maximum absolute atomic E-state index is 13.0. The highest BCUT2D eigenvalue weighted by Gasteiger charge is 2.32. The van der Waals surface area contributed by atoms with Crippen LogP contribution in [0, 0.1) is 6.92 Å². The van der Waals surface area contributed by atoms with Crippen LogP contribution in [-0.2, 0) is 21.4 Å². The van der Waals surface area contributed by atoms with Crippen LogP contribution in [0.4, 0.5) is 11.4 Å². The normalized spacial score (nSPS) is 15.9. The van der Waals surface area contributed by atoms with Crippen LogP contribution in [0.1, 0.15) is 36.0 Å². The topological polar surface area (TPSA) is 115 Å². The van der Waals surface area contributed by atoms with E-state index in [0.717, 1.165) is 12.8 Å². The van der Waals surface area contributed by atoms with Crippen LogP contribution in [0.3, 0.4) is 0 Å². The highest BCUT2D eigenvalue weighted by atomic mass is 35.5. The zero-order valence-electron chi connectivity index (χ0n) is 17.0. The second-order valence-corrected chi connectivity index (χ2v) is 9.83. The molecule has 2 heterocycles. The van der Waals surface area contributed by atoms with Crippen LogP contribution >= 0.6 is 11.6 Å². The van der Waals surface area contributed by atoms with Gasteiger partial charge >= 0.3 is 0 Å². The first-order valence-corrected chi connectivity index (χ1v) is 11.9. The number of hydrogen-bond acceptors (Lipinski definition) is 7. The van der Waals surface area contributed by atoms with E-state index in [-0.39, 0.29) is 24.0 Å². The van der Waals surface area contributed by atoms with Crippen LogP contribution in [0.15, 0.2) is 45.8 Å². The van der Waals surface area contributed by atoms with Crippen molar-refractivity contribution in [1.82, 2.24) is 10.1 Å². The van der Waals surface area contributed by atoms with Crippen LogP contribution in [-0.4, -0.2) is 31.1 Å². The van der Waals surface area contributed by atoms with Crippen LogP contribution in [0.5, 0.6) is 5.75 Å². The Kier molecular flexibility index (Phi) is 5.06. The number of carbonyl (C=O) groups is 1. The monoisotopic (exact) mass is 474 g/mol. The number of hydrogen-bond donors (Lipinski definition) is 1. The molecule has 1 aliphatic carbocycles. The van der Waals surface area contributed by atoms with E-state index in [1.807, 2.05) is 0 Å². The summed E-state index contributed by atoms with van der Waals surface area (Å²) in [7, 11) is -3.95. The molecule has 0 saturated heterocycles. The number of nitrogens with one attached hydrogen (secondary N) is 1. The van der Waals surface area contributed by atoms with Gasteiger partial charge in [0, 0.05) is 10.9 Å². The molecule has 11 heteroatoms. The van der Waals surface area contributed by atoms with Gasteiger partial charge in [-0.05, 0) is 55.7 Å². The standard InChI is InChI=1S/C21H19ClN4O5S/c1-12-15(22)3-2-4-16(12)25-32(28,29)14-7-8-18-17(9-14)26(20(27)11-30-18)10-19-23-21(31-24-19)13-5-6-13/h2-4,7-9,13,25H,5-6,10-11H2,1H3. The largest absolute Gasteiger partial charge is 0.482 e. The Morgan fingerprint density at radius 2 is 2.06 bits per heavy atom. The van der Waals surface area contributed by atoms with Gasteiger partial charge in [-0.15, -0.1) is 0 Å². The Balaban J connectivity index is 1.46. The maximum atomic E-state index is 13.0. The molecule has 9 nitrogen and oxygen atoms in total. The van der Waals surface area contributed by atoms with Crippen molar-refractivity contribution >= 4 is 38.9 Å². The quantitative estimate of drug-likeness (QED) is 0.580. The van der Waals surface area contributed by atoms with Crippen molar-refractivity contribution in [3.63, 3.8) is 0 Å². The Labute approximate surface area is 189 Å². The summed E-state index contributed by atoms with van der Waals surface area (Å²) in [5.74, 6) is 1.28. The number of sulfonamides is 1. The molecule has 166 valence electrons. The molecule has 0 unspecified atom stereocenters. The summed E-state index contributed by atoms with van der Waals surface area (Å²) in [4.78, 5) is 18.3. The van der Waals surface area contributed by atoms with E-state index in [0.29, 0.717) is 45.3 Å². The molecule has 1 aliphatic heterocycles. The first-order chi connectivity index (χ1) is 15.3. The lowest BCUT2D eigenvalue weighted by Gasteiger charge is -2.28. The lowest BCUT2D eigenvalue weighted by atomic mass is 10.2. The van der Waals surface area contributed by atoms with Gasteiger partial charge in [-0.25, -0.2) is 8.42 Å². The molecule has 3 aromatic rings. The fraction of sp³-hybridized carbons (Fsp3) is 0.286. The number of carbonyl (C=O) groups excluding carboxylic acids is 1. The number of rotatable bonds is 6. The molecule has 5 rings (SSSR count). The Morgan fingerprint density at radius 1 is 1.25 bits per heavy atom. The van der Waals surface area contributed by atoms with Crippen molar-refractivity contribution in [2.24, 2.45) is 0 Å². The fourth-order valence-electron chi connectivity index (χ4n) is 3.41. The second kappa shape index (κ2) is 7.79. The van der Waals surface area contributed by atoms with Gasteiger partial charge in [0.2, 0.25) is 5.89 Å². The number of ether oxygens (including phenoxy) is 1. The molecule has 2 aliphatic rings. The summed E-state index contributed by atoms with van der Waals surface area (Å²) >= 11 is 6.11. The van der Waals surface area contributed by atoms with Gasteiger partial charge in [0.1, 0.15) is 5.75 Å². The molecule has 1 fully saturated rings. The summed E-state index contributed by atoms with van der Waals surface area (Å²) < 4.78 is 39.4. The predicted octanol–water partition coefficient (Wildman–Crippen LogP) is 3.64.